The van der Waals surface area contributed by atoms with Crippen LogP contribution in [0.4, 0.5) is 0 Å². The molecule has 32 heavy (non-hydrogen) atoms. The Kier molecular flexibility index (Phi) is 7.54. The number of ketones is 1. The maximum Gasteiger partial charge on any atom is 0.134 e. The first-order chi connectivity index (χ1) is 15.4. The van der Waals surface area contributed by atoms with Gasteiger partial charge in [0.05, 0.1) is 0 Å². The van der Waals surface area contributed by atoms with E-state index < -0.39 is 0 Å². The molecule has 172 valence electrons. The molecule has 0 radical (unpaired) electrons. The standard InChI is InChI=1S/C31H42O/c1-21-13-22(2)16-27(15-21)30(25-9-5-6-10-25)19-29(32)20-31(26-11-7-8-12-26)28-17-23(3)14-24(4)18-28/h13-18,25-26,30-31H,5-12,19-20H2,1-4H3. The molecule has 2 aromatic carbocycles. The summed E-state index contributed by atoms with van der Waals surface area (Å²) >= 11 is 0. The first-order valence-corrected chi connectivity index (χ1v) is 13.1. The maximum absolute atomic E-state index is 13.7. The van der Waals surface area contributed by atoms with Crippen molar-refractivity contribution in [2.24, 2.45) is 11.8 Å². The fourth-order valence-corrected chi connectivity index (χ4v) is 6.85. The minimum atomic E-state index is 0.395. The average molecular weight is 431 g/mol. The van der Waals surface area contributed by atoms with Crippen molar-refractivity contribution in [3.05, 3.63) is 69.8 Å². The molecular formula is C31H42O. The number of benzene rings is 2. The zero-order chi connectivity index (χ0) is 22.7. The lowest BCUT2D eigenvalue weighted by Gasteiger charge is -2.27. The summed E-state index contributed by atoms with van der Waals surface area (Å²) in [6.07, 6.45) is 11.9. The number of aryl methyl sites for hydroxylation is 4. The van der Waals surface area contributed by atoms with Crippen LogP contribution in [0.1, 0.15) is 109 Å². The summed E-state index contributed by atoms with van der Waals surface area (Å²) in [6, 6.07) is 13.9. The second-order valence-electron chi connectivity index (χ2n) is 11.1. The number of carbonyl (C=O) groups excluding carboxylic acids is 1. The highest BCUT2D eigenvalue weighted by molar-refractivity contribution is 5.80. The molecule has 2 fully saturated rings. The van der Waals surface area contributed by atoms with Gasteiger partial charge >= 0.3 is 0 Å². The van der Waals surface area contributed by atoms with Crippen molar-refractivity contribution in [1.82, 2.24) is 0 Å². The summed E-state index contributed by atoms with van der Waals surface area (Å²) in [5, 5.41) is 0. The molecule has 2 aliphatic rings. The van der Waals surface area contributed by atoms with Gasteiger partial charge in [0.1, 0.15) is 5.78 Å². The maximum atomic E-state index is 13.7. The van der Waals surface area contributed by atoms with Gasteiger partial charge in [0.25, 0.3) is 0 Å². The highest BCUT2D eigenvalue weighted by Gasteiger charge is 2.32. The largest absolute Gasteiger partial charge is 0.300 e. The lowest BCUT2D eigenvalue weighted by Crippen LogP contribution is -2.19. The summed E-state index contributed by atoms with van der Waals surface area (Å²) in [4.78, 5) is 13.7. The van der Waals surface area contributed by atoms with Gasteiger partial charge < -0.3 is 0 Å². The normalized spacial score (nSPS) is 19.4. The zero-order valence-corrected chi connectivity index (χ0v) is 20.8. The Balaban J connectivity index is 1.57. The summed E-state index contributed by atoms with van der Waals surface area (Å²) in [5.74, 6) is 2.62. The molecule has 0 bridgehead atoms. The molecule has 2 unspecified atom stereocenters. The summed E-state index contributed by atoms with van der Waals surface area (Å²) < 4.78 is 0. The SMILES string of the molecule is Cc1cc(C)cc(C(CC(=O)CC(c2cc(C)cc(C)c2)C2CCCC2)C2CCCC2)c1. The molecule has 2 aliphatic carbocycles. The highest BCUT2D eigenvalue weighted by atomic mass is 16.1. The number of hydrogen-bond donors (Lipinski definition) is 0. The monoisotopic (exact) mass is 430 g/mol. The van der Waals surface area contributed by atoms with Gasteiger partial charge in [-0.15, -0.1) is 0 Å². The summed E-state index contributed by atoms with van der Waals surface area (Å²) in [7, 11) is 0. The quantitative estimate of drug-likeness (QED) is 0.410. The number of hydrogen-bond acceptors (Lipinski definition) is 1. The van der Waals surface area contributed by atoms with Crippen LogP contribution in [0.2, 0.25) is 0 Å². The van der Waals surface area contributed by atoms with Crippen molar-refractivity contribution in [3.63, 3.8) is 0 Å². The first kappa shape index (κ1) is 23.3. The van der Waals surface area contributed by atoms with E-state index in [9.17, 15) is 4.79 Å². The molecule has 0 aromatic heterocycles. The van der Waals surface area contributed by atoms with E-state index in [0.29, 0.717) is 29.5 Å². The second kappa shape index (κ2) is 10.4. The van der Waals surface area contributed by atoms with E-state index in [4.69, 9.17) is 0 Å². The molecule has 0 amide bonds. The van der Waals surface area contributed by atoms with E-state index in [-0.39, 0.29) is 0 Å². The van der Waals surface area contributed by atoms with Crippen molar-refractivity contribution in [2.75, 3.05) is 0 Å². The van der Waals surface area contributed by atoms with Crippen molar-refractivity contribution < 1.29 is 4.79 Å². The van der Waals surface area contributed by atoms with E-state index in [0.717, 1.165) is 12.8 Å². The van der Waals surface area contributed by atoms with Crippen molar-refractivity contribution in [3.8, 4) is 0 Å². The molecule has 0 saturated heterocycles. The smallest absolute Gasteiger partial charge is 0.134 e. The molecule has 2 atom stereocenters. The predicted octanol–water partition coefficient (Wildman–Crippen LogP) is 8.52. The number of carbonyl (C=O) groups is 1. The van der Waals surface area contributed by atoms with Gasteiger partial charge in [0.15, 0.2) is 0 Å². The van der Waals surface area contributed by atoms with E-state index in [1.807, 2.05) is 0 Å². The topological polar surface area (TPSA) is 17.1 Å². The molecule has 0 aliphatic heterocycles. The van der Waals surface area contributed by atoms with Gasteiger partial charge in [0.2, 0.25) is 0 Å². The van der Waals surface area contributed by atoms with Crippen molar-refractivity contribution in [1.29, 1.82) is 0 Å². The Morgan fingerprint density at radius 2 is 0.938 bits per heavy atom. The first-order valence-electron chi connectivity index (χ1n) is 13.1. The highest BCUT2D eigenvalue weighted by Crippen LogP contribution is 2.43. The van der Waals surface area contributed by atoms with Gasteiger partial charge in [-0.05, 0) is 88.2 Å². The van der Waals surface area contributed by atoms with E-state index in [2.05, 4.69) is 64.1 Å². The Labute approximate surface area is 196 Å². The molecule has 4 rings (SSSR count). The van der Waals surface area contributed by atoms with Crippen LogP contribution in [0.25, 0.3) is 0 Å². The molecule has 2 aromatic rings. The van der Waals surface area contributed by atoms with Crippen LogP contribution in [0.5, 0.6) is 0 Å². The van der Waals surface area contributed by atoms with Crippen LogP contribution < -0.4 is 0 Å². The number of Topliss-reactive ketones (excluding diaryl/α,β-unsaturated/α-hetero) is 1. The Hall–Kier alpha value is -1.89. The van der Waals surface area contributed by atoms with E-state index >= 15 is 0 Å². The Morgan fingerprint density at radius 1 is 0.625 bits per heavy atom. The Morgan fingerprint density at radius 3 is 1.25 bits per heavy atom. The Bertz CT molecular complexity index is 811. The van der Waals surface area contributed by atoms with Crippen LogP contribution >= 0.6 is 0 Å². The minimum Gasteiger partial charge on any atom is -0.300 e. The van der Waals surface area contributed by atoms with Gasteiger partial charge in [0, 0.05) is 12.8 Å². The van der Waals surface area contributed by atoms with Crippen LogP contribution in [-0.4, -0.2) is 5.78 Å². The fourth-order valence-electron chi connectivity index (χ4n) is 6.85. The predicted molar refractivity (Wildman–Crippen MR) is 135 cm³/mol. The van der Waals surface area contributed by atoms with Crippen molar-refractivity contribution in [2.45, 2.75) is 104 Å². The second-order valence-corrected chi connectivity index (χ2v) is 11.1. The molecule has 1 nitrogen and oxygen atoms in total. The van der Waals surface area contributed by atoms with Gasteiger partial charge in [-0.25, -0.2) is 0 Å². The number of rotatable bonds is 8. The molecule has 0 heterocycles. The minimum absolute atomic E-state index is 0.395. The van der Waals surface area contributed by atoms with Gasteiger partial charge in [-0.2, -0.15) is 0 Å². The van der Waals surface area contributed by atoms with Crippen LogP contribution in [-0.2, 0) is 4.79 Å². The molecule has 2 saturated carbocycles. The van der Waals surface area contributed by atoms with E-state index in [1.54, 1.807) is 0 Å². The molecule has 0 spiro atoms. The van der Waals surface area contributed by atoms with Crippen LogP contribution in [0.15, 0.2) is 36.4 Å². The zero-order valence-electron chi connectivity index (χ0n) is 20.8. The average Bonchev–Trinajstić information content (AvgIpc) is 3.43. The summed E-state index contributed by atoms with van der Waals surface area (Å²) in [5.41, 5.74) is 8.13. The van der Waals surface area contributed by atoms with Gasteiger partial charge in [-0.3, -0.25) is 4.79 Å². The third-order valence-corrected chi connectivity index (χ3v) is 8.18. The van der Waals surface area contributed by atoms with Crippen LogP contribution in [0.3, 0.4) is 0 Å². The fraction of sp³-hybridized carbons (Fsp3) is 0.581. The molecule has 0 N–H and O–H groups in total. The third-order valence-electron chi connectivity index (χ3n) is 8.18. The van der Waals surface area contributed by atoms with Gasteiger partial charge in [-0.1, -0.05) is 84.3 Å². The van der Waals surface area contributed by atoms with Crippen LogP contribution in [0, 0.1) is 39.5 Å². The third kappa shape index (κ3) is 5.72. The van der Waals surface area contributed by atoms with Crippen molar-refractivity contribution >= 4 is 5.78 Å². The van der Waals surface area contributed by atoms with E-state index in [1.165, 1.54) is 84.7 Å². The molecular weight excluding hydrogens is 388 g/mol. The molecule has 1 heteroatoms. The lowest BCUT2D eigenvalue weighted by atomic mass is 9.76. The lowest BCUT2D eigenvalue weighted by molar-refractivity contribution is -0.120. The summed E-state index contributed by atoms with van der Waals surface area (Å²) in [6.45, 7) is 8.78.